The molecule has 0 saturated heterocycles. The summed E-state index contributed by atoms with van der Waals surface area (Å²) in [4.78, 5) is 28.8. The smallest absolute Gasteiger partial charge is 0.145 e. The van der Waals surface area contributed by atoms with Crippen LogP contribution in [0, 0.1) is 0 Å². The van der Waals surface area contributed by atoms with E-state index in [0.29, 0.717) is 11.3 Å². The van der Waals surface area contributed by atoms with E-state index >= 15 is 0 Å². The van der Waals surface area contributed by atoms with Crippen LogP contribution in [-0.2, 0) is 0 Å². The number of para-hydroxylation sites is 16. The largest absolute Gasteiger partial charge is 0.311 e. The number of imidazole rings is 3. The van der Waals surface area contributed by atoms with Crippen molar-refractivity contribution in [2.45, 2.75) is 0 Å². The molecular formula is C137H100N12. The zero-order valence-corrected chi connectivity index (χ0v) is 81.3. The van der Waals surface area contributed by atoms with Gasteiger partial charge in [-0.05, 0) is 349 Å². The van der Waals surface area contributed by atoms with Crippen LogP contribution in [0.1, 0.15) is 5.48 Å². The summed E-state index contributed by atoms with van der Waals surface area (Å²) in [5.41, 5.74) is 29.4. The van der Waals surface area contributed by atoms with Crippen molar-refractivity contribution in [2.24, 2.45) is 0 Å². The molecule has 0 fully saturated rings. The fourth-order valence-electron chi connectivity index (χ4n) is 19.8. The molecule has 0 aliphatic heterocycles. The van der Waals surface area contributed by atoms with Crippen molar-refractivity contribution >= 4 is 157 Å². The van der Waals surface area contributed by atoms with Crippen molar-refractivity contribution in [3.05, 3.63) is 607 Å². The van der Waals surface area contributed by atoms with Gasteiger partial charge in [0.05, 0.1) is 38.6 Å². The highest BCUT2D eigenvalue weighted by atomic mass is 15.2. The number of fused-ring (bicyclic) bond motifs is 5. The van der Waals surface area contributed by atoms with E-state index in [-0.39, 0.29) is 29.7 Å². The second kappa shape index (κ2) is 42.1. The quantitative estimate of drug-likeness (QED) is 0.0588. The average molecular weight is 1920 g/mol. The van der Waals surface area contributed by atoms with Crippen LogP contribution in [0.5, 0.6) is 0 Å². The predicted octanol–water partition coefficient (Wildman–Crippen LogP) is 37.2. The summed E-state index contributed by atoms with van der Waals surface area (Å²) in [5, 5.41) is 4.87. The number of benzene rings is 23. The first kappa shape index (κ1) is 86.7. The first-order chi connectivity index (χ1) is 75.6. The maximum Gasteiger partial charge on any atom is 0.145 e. The van der Waals surface area contributed by atoms with E-state index in [1.54, 1.807) is 0 Å². The normalized spacial score (nSPS) is 11.5. The molecule has 0 aliphatic rings. The van der Waals surface area contributed by atoms with E-state index in [2.05, 4.69) is 481 Å². The Hall–Kier alpha value is -20.2. The van der Waals surface area contributed by atoms with Gasteiger partial charge in [0.2, 0.25) is 0 Å². The molecule has 0 N–H and O–H groups in total. The Kier molecular flexibility index (Phi) is 24.5. The molecule has 0 amide bonds. The number of anilines is 18. The fourth-order valence-corrected chi connectivity index (χ4v) is 19.8. The van der Waals surface area contributed by atoms with Crippen LogP contribution in [-0.4, -0.2) is 28.7 Å². The lowest BCUT2D eigenvalue weighted by Gasteiger charge is -2.26. The van der Waals surface area contributed by atoms with E-state index in [1.807, 2.05) is 144 Å². The molecule has 0 saturated carbocycles. The van der Waals surface area contributed by atoms with Gasteiger partial charge in [-0.15, -0.1) is 0 Å². The van der Waals surface area contributed by atoms with E-state index in [0.717, 1.165) is 170 Å². The Morgan fingerprint density at radius 2 is 0.336 bits per heavy atom. The fraction of sp³-hybridized carbons (Fsp3) is 0. The third-order valence-corrected chi connectivity index (χ3v) is 26.8. The molecule has 708 valence electrons. The summed E-state index contributed by atoms with van der Waals surface area (Å²) in [6.07, 6.45) is 0. The van der Waals surface area contributed by atoms with Gasteiger partial charge in [-0.3, -0.25) is 13.7 Å². The van der Waals surface area contributed by atoms with Gasteiger partial charge in [-0.2, -0.15) is 0 Å². The minimum Gasteiger partial charge on any atom is -0.311 e. The van der Waals surface area contributed by atoms with Crippen molar-refractivity contribution in [3.63, 3.8) is 0 Å². The molecular weight excluding hydrogens is 1810 g/mol. The topological polar surface area (TPSA) is 72.9 Å². The van der Waals surface area contributed by atoms with E-state index in [1.165, 1.54) is 21.5 Å². The number of hydrogen-bond acceptors (Lipinski definition) is 9. The van der Waals surface area contributed by atoms with Crippen molar-refractivity contribution in [3.8, 4) is 51.2 Å². The van der Waals surface area contributed by atoms with E-state index in [9.17, 15) is 0 Å². The lowest BCUT2D eigenvalue weighted by molar-refractivity contribution is 1.10. The van der Waals surface area contributed by atoms with Crippen LogP contribution in [0.4, 0.5) is 102 Å². The molecule has 12 nitrogen and oxygen atoms in total. The van der Waals surface area contributed by atoms with Crippen molar-refractivity contribution in [1.82, 2.24) is 28.7 Å². The second-order valence-electron chi connectivity index (χ2n) is 36.1. The van der Waals surface area contributed by atoms with Crippen molar-refractivity contribution in [1.29, 1.82) is 0 Å². The third-order valence-electron chi connectivity index (χ3n) is 26.8. The van der Waals surface area contributed by atoms with Crippen LogP contribution in [0.3, 0.4) is 0 Å². The van der Waals surface area contributed by atoms with Gasteiger partial charge in [0.25, 0.3) is 0 Å². The van der Waals surface area contributed by atoms with Crippen LogP contribution in [0.25, 0.3) is 106 Å². The standard InChI is InChI=1S/C51H36N4.2C43H32N4/c1-3-17-42(18-4-1)53(47-29-23-37-13-7-9-15-40(37)35-47)44-27-25-39(26-28-44)51-52-49-21-11-12-22-50(49)55(51)46-33-31-45(32-34-46)54(43-19-5-2-6-20-43)48-30-24-38-14-8-10-16-41(38)36-48;2*1-5-15-34(16-6-1)45(35-17-7-2-8-18-35)38-27-25-33(26-28-38)43-44-41-23-13-14-24-42(41)47(43)40-31-29-39(30-32-40)46(36-19-9-3-10-20-36)37-21-11-4-12-22-37/h1-36H;2*1-32H/i;13D,14D,23D,24D;. The lowest BCUT2D eigenvalue weighted by Crippen LogP contribution is -2.10. The van der Waals surface area contributed by atoms with Crippen LogP contribution >= 0.6 is 0 Å². The summed E-state index contributed by atoms with van der Waals surface area (Å²) in [7, 11) is 0. The highest BCUT2D eigenvalue weighted by Gasteiger charge is 2.26. The molecule has 0 radical (unpaired) electrons. The number of hydrogen-bond donors (Lipinski definition) is 0. The summed E-state index contributed by atoms with van der Waals surface area (Å²) in [5.74, 6) is 2.32. The molecule has 0 atom stereocenters. The van der Waals surface area contributed by atoms with Gasteiger partial charge < -0.3 is 29.4 Å². The highest BCUT2D eigenvalue weighted by molar-refractivity contribution is 5.95. The van der Waals surface area contributed by atoms with Gasteiger partial charge >= 0.3 is 0 Å². The molecule has 0 aliphatic carbocycles. The molecule has 149 heavy (non-hydrogen) atoms. The van der Waals surface area contributed by atoms with E-state index in [4.69, 9.17) is 20.4 Å². The maximum absolute atomic E-state index is 8.94. The van der Waals surface area contributed by atoms with E-state index < -0.39 is 0 Å². The molecule has 0 spiro atoms. The Morgan fingerprint density at radius 3 is 0.597 bits per heavy atom. The minimum absolute atomic E-state index is 0.139. The SMILES string of the molecule is [2H]c1c([2H])c([2H])c2c(nc(-c3ccc(N(c4ccccc4)c4ccccc4)cc3)n2-c2ccc(N(c3ccccc3)c3ccccc3)cc2)c1[2H].c1ccc(N(c2ccc(-c3nc4ccccc4n3-c3ccc(N(c4ccccc4)c4ccc5ccccc5c4)cc3)cc2)c2ccc3ccccc3c2)cc1.c1ccc(N(c2ccccc2)c2ccc(-c3nc4ccccc4n3-c3ccc(N(c4ccccc4)c4ccccc4)cc3)cc2)cc1. The highest BCUT2D eigenvalue weighted by Crippen LogP contribution is 2.46. The maximum atomic E-state index is 8.94. The second-order valence-corrected chi connectivity index (χ2v) is 36.1. The van der Waals surface area contributed by atoms with Crippen LogP contribution < -0.4 is 29.4 Å². The molecule has 23 aromatic carbocycles. The Bertz CT molecular complexity index is 9120. The number of nitrogens with zero attached hydrogens (tertiary/aromatic N) is 12. The monoisotopic (exact) mass is 1920 g/mol. The molecule has 0 unspecified atom stereocenters. The Morgan fingerprint density at radius 1 is 0.148 bits per heavy atom. The third kappa shape index (κ3) is 19.2. The zero-order chi connectivity index (χ0) is 103. The molecule has 12 heteroatoms. The van der Waals surface area contributed by atoms with Crippen LogP contribution in [0.15, 0.2) is 607 Å². The summed E-state index contributed by atoms with van der Waals surface area (Å²) in [6, 6.07) is 201. The van der Waals surface area contributed by atoms with Gasteiger partial charge in [0, 0.05) is 136 Å². The van der Waals surface area contributed by atoms with Crippen molar-refractivity contribution < 1.29 is 5.48 Å². The average Bonchev–Trinajstić information content (AvgIpc) is 1.58. The lowest BCUT2D eigenvalue weighted by atomic mass is 10.1. The number of rotatable bonds is 24. The van der Waals surface area contributed by atoms with Crippen LogP contribution in [0.2, 0.25) is 0 Å². The first-order valence-electron chi connectivity index (χ1n) is 51.9. The predicted molar refractivity (Wildman–Crippen MR) is 623 cm³/mol. The van der Waals surface area contributed by atoms with Gasteiger partial charge in [-0.1, -0.05) is 279 Å². The van der Waals surface area contributed by atoms with Gasteiger partial charge in [-0.25, -0.2) is 15.0 Å². The minimum atomic E-state index is -0.308. The summed E-state index contributed by atoms with van der Waals surface area (Å²) >= 11 is 0. The first-order valence-corrected chi connectivity index (χ1v) is 49.9. The Balaban J connectivity index is 0.000000122. The Labute approximate surface area is 872 Å². The molecule has 3 aromatic heterocycles. The molecule has 26 rings (SSSR count). The summed E-state index contributed by atoms with van der Waals surface area (Å²) < 4.78 is 40.9. The molecule has 26 aromatic rings. The van der Waals surface area contributed by atoms with Gasteiger partial charge in [0.15, 0.2) is 0 Å². The number of aromatic nitrogens is 6. The summed E-state index contributed by atoms with van der Waals surface area (Å²) in [6.45, 7) is 0. The zero-order valence-electron chi connectivity index (χ0n) is 85.3. The van der Waals surface area contributed by atoms with Gasteiger partial charge in [0.1, 0.15) is 17.5 Å². The molecule has 0 bridgehead atoms. The van der Waals surface area contributed by atoms with Crippen molar-refractivity contribution in [2.75, 3.05) is 29.4 Å². The molecule has 3 heterocycles.